The van der Waals surface area contributed by atoms with Gasteiger partial charge in [0.1, 0.15) is 6.07 Å². The quantitative estimate of drug-likeness (QED) is 0.745. The summed E-state index contributed by atoms with van der Waals surface area (Å²) in [5.74, 6) is -0.208. The second kappa shape index (κ2) is 4.86. The SMILES string of the molecule is N#Cc1c[nH]c2ccc(NC(=O)c3ccncc3)cc12. The van der Waals surface area contributed by atoms with Crippen molar-refractivity contribution in [2.75, 3.05) is 5.32 Å². The molecule has 1 amide bonds. The van der Waals surface area contributed by atoms with E-state index < -0.39 is 0 Å². The number of rotatable bonds is 2. The molecule has 0 atom stereocenters. The summed E-state index contributed by atoms with van der Waals surface area (Å²) < 4.78 is 0. The van der Waals surface area contributed by atoms with E-state index in [1.807, 2.05) is 6.07 Å². The molecular weight excluding hydrogens is 252 g/mol. The van der Waals surface area contributed by atoms with Gasteiger partial charge in [-0.25, -0.2) is 0 Å². The summed E-state index contributed by atoms with van der Waals surface area (Å²) in [7, 11) is 0. The highest BCUT2D eigenvalue weighted by Crippen LogP contribution is 2.22. The maximum absolute atomic E-state index is 12.0. The number of H-pyrrole nitrogens is 1. The minimum Gasteiger partial charge on any atom is -0.360 e. The topological polar surface area (TPSA) is 81.6 Å². The molecular formula is C15H10N4O. The molecule has 5 heteroatoms. The minimum atomic E-state index is -0.208. The maximum atomic E-state index is 12.0. The van der Waals surface area contributed by atoms with E-state index in [9.17, 15) is 4.79 Å². The Bertz CT molecular complexity index is 815. The number of hydrogen-bond acceptors (Lipinski definition) is 3. The molecule has 0 saturated carbocycles. The number of carbonyl (C=O) groups excluding carboxylic acids is 1. The van der Waals surface area contributed by atoms with Crippen molar-refractivity contribution in [1.82, 2.24) is 9.97 Å². The zero-order valence-corrected chi connectivity index (χ0v) is 10.4. The molecule has 20 heavy (non-hydrogen) atoms. The highest BCUT2D eigenvalue weighted by Gasteiger charge is 2.08. The Morgan fingerprint density at radius 1 is 1.25 bits per heavy atom. The molecule has 0 saturated heterocycles. The van der Waals surface area contributed by atoms with Crippen LogP contribution in [0.3, 0.4) is 0 Å². The van der Waals surface area contributed by atoms with Crippen molar-refractivity contribution in [2.24, 2.45) is 0 Å². The lowest BCUT2D eigenvalue weighted by molar-refractivity contribution is 0.102. The van der Waals surface area contributed by atoms with Crippen molar-refractivity contribution in [3.63, 3.8) is 0 Å². The number of nitriles is 1. The minimum absolute atomic E-state index is 0.208. The molecule has 0 aliphatic carbocycles. The van der Waals surface area contributed by atoms with Crippen LogP contribution in [0.2, 0.25) is 0 Å². The van der Waals surface area contributed by atoms with E-state index in [0.717, 1.165) is 10.9 Å². The lowest BCUT2D eigenvalue weighted by atomic mass is 10.1. The fourth-order valence-electron chi connectivity index (χ4n) is 2.00. The van der Waals surface area contributed by atoms with Crippen LogP contribution in [-0.2, 0) is 0 Å². The van der Waals surface area contributed by atoms with E-state index in [-0.39, 0.29) is 5.91 Å². The van der Waals surface area contributed by atoms with Crippen molar-refractivity contribution in [2.45, 2.75) is 0 Å². The van der Waals surface area contributed by atoms with E-state index in [4.69, 9.17) is 5.26 Å². The number of amides is 1. The zero-order valence-electron chi connectivity index (χ0n) is 10.4. The Balaban J connectivity index is 1.92. The molecule has 96 valence electrons. The van der Waals surface area contributed by atoms with Crippen LogP contribution >= 0.6 is 0 Å². The Kier molecular flexibility index (Phi) is 2.90. The van der Waals surface area contributed by atoms with Crippen LogP contribution < -0.4 is 5.32 Å². The molecule has 5 nitrogen and oxygen atoms in total. The summed E-state index contributed by atoms with van der Waals surface area (Å²) in [6, 6.07) is 10.8. The first kappa shape index (κ1) is 11.9. The molecule has 3 rings (SSSR count). The van der Waals surface area contributed by atoms with Crippen LogP contribution in [0.25, 0.3) is 10.9 Å². The van der Waals surface area contributed by atoms with Crippen LogP contribution in [0.15, 0.2) is 48.9 Å². The van der Waals surface area contributed by atoms with Crippen molar-refractivity contribution in [1.29, 1.82) is 5.26 Å². The fourth-order valence-corrected chi connectivity index (χ4v) is 2.00. The third-order valence-corrected chi connectivity index (χ3v) is 3.00. The number of benzene rings is 1. The lowest BCUT2D eigenvalue weighted by Crippen LogP contribution is -2.11. The number of anilines is 1. The molecule has 2 heterocycles. The predicted octanol–water partition coefficient (Wildman–Crippen LogP) is 2.69. The van der Waals surface area contributed by atoms with Crippen molar-refractivity contribution >= 4 is 22.5 Å². The van der Waals surface area contributed by atoms with Gasteiger partial charge in [0, 0.05) is 40.7 Å². The lowest BCUT2D eigenvalue weighted by Gasteiger charge is -2.05. The van der Waals surface area contributed by atoms with Gasteiger partial charge in [0.05, 0.1) is 5.56 Å². The zero-order chi connectivity index (χ0) is 13.9. The summed E-state index contributed by atoms with van der Waals surface area (Å²) in [5.41, 5.74) is 2.61. The molecule has 1 aromatic carbocycles. The molecule has 2 aromatic heterocycles. The van der Waals surface area contributed by atoms with E-state index in [2.05, 4.69) is 21.4 Å². The number of hydrogen-bond donors (Lipinski definition) is 2. The summed E-state index contributed by atoms with van der Waals surface area (Å²) in [6.45, 7) is 0. The van der Waals surface area contributed by atoms with Crippen LogP contribution in [0, 0.1) is 11.3 Å². The largest absolute Gasteiger partial charge is 0.360 e. The monoisotopic (exact) mass is 262 g/mol. The number of aromatic nitrogens is 2. The second-order valence-electron chi connectivity index (χ2n) is 4.26. The molecule has 0 bridgehead atoms. The van der Waals surface area contributed by atoms with Gasteiger partial charge < -0.3 is 10.3 Å². The van der Waals surface area contributed by atoms with Gasteiger partial charge >= 0.3 is 0 Å². The Morgan fingerprint density at radius 2 is 2.05 bits per heavy atom. The Morgan fingerprint density at radius 3 is 2.80 bits per heavy atom. The average Bonchev–Trinajstić information content (AvgIpc) is 2.90. The first-order valence-electron chi connectivity index (χ1n) is 6.00. The van der Waals surface area contributed by atoms with E-state index in [1.165, 1.54) is 0 Å². The highest BCUT2D eigenvalue weighted by molar-refractivity contribution is 6.05. The van der Waals surface area contributed by atoms with Crippen molar-refractivity contribution in [3.8, 4) is 6.07 Å². The van der Waals surface area contributed by atoms with Gasteiger partial charge in [0.25, 0.3) is 5.91 Å². The molecule has 0 unspecified atom stereocenters. The smallest absolute Gasteiger partial charge is 0.255 e. The van der Waals surface area contributed by atoms with Gasteiger partial charge in [-0.3, -0.25) is 9.78 Å². The number of nitrogens with one attached hydrogen (secondary N) is 2. The van der Waals surface area contributed by atoms with Crippen LogP contribution in [-0.4, -0.2) is 15.9 Å². The molecule has 0 aliphatic heterocycles. The first-order chi connectivity index (χ1) is 9.78. The van der Waals surface area contributed by atoms with Crippen molar-refractivity contribution < 1.29 is 4.79 Å². The van der Waals surface area contributed by atoms with Gasteiger partial charge in [-0.05, 0) is 30.3 Å². The predicted molar refractivity (Wildman–Crippen MR) is 75.2 cm³/mol. The summed E-state index contributed by atoms with van der Waals surface area (Å²) in [4.78, 5) is 18.9. The molecule has 3 aromatic rings. The maximum Gasteiger partial charge on any atom is 0.255 e. The van der Waals surface area contributed by atoms with Crippen molar-refractivity contribution in [3.05, 3.63) is 60.0 Å². The fraction of sp³-hybridized carbons (Fsp3) is 0. The number of nitrogens with zero attached hydrogens (tertiary/aromatic N) is 2. The van der Waals surface area contributed by atoms with Crippen LogP contribution in [0.5, 0.6) is 0 Å². The third-order valence-electron chi connectivity index (χ3n) is 3.00. The highest BCUT2D eigenvalue weighted by atomic mass is 16.1. The van der Waals surface area contributed by atoms with Gasteiger partial charge in [-0.15, -0.1) is 0 Å². The normalized spacial score (nSPS) is 10.2. The number of carbonyl (C=O) groups is 1. The van der Waals surface area contributed by atoms with Crippen LogP contribution in [0.1, 0.15) is 15.9 Å². The molecule has 0 fully saturated rings. The molecule has 2 N–H and O–H groups in total. The van der Waals surface area contributed by atoms with Gasteiger partial charge in [-0.2, -0.15) is 5.26 Å². The summed E-state index contributed by atoms with van der Waals surface area (Å²) in [5, 5.41) is 12.6. The molecule has 0 aliphatic rings. The summed E-state index contributed by atoms with van der Waals surface area (Å²) >= 11 is 0. The van der Waals surface area contributed by atoms with Gasteiger partial charge in [0.15, 0.2) is 0 Å². The van der Waals surface area contributed by atoms with Gasteiger partial charge in [-0.1, -0.05) is 0 Å². The van der Waals surface area contributed by atoms with E-state index >= 15 is 0 Å². The summed E-state index contributed by atoms with van der Waals surface area (Å²) in [6.07, 6.45) is 4.79. The second-order valence-corrected chi connectivity index (χ2v) is 4.26. The average molecular weight is 262 g/mol. The van der Waals surface area contributed by atoms with Crippen LogP contribution in [0.4, 0.5) is 5.69 Å². The first-order valence-corrected chi connectivity index (χ1v) is 6.00. The van der Waals surface area contributed by atoms with E-state index in [1.54, 1.807) is 42.9 Å². The number of fused-ring (bicyclic) bond motifs is 1. The Hall–Kier alpha value is -3.13. The molecule has 0 radical (unpaired) electrons. The number of aromatic amines is 1. The number of pyridine rings is 1. The van der Waals surface area contributed by atoms with E-state index in [0.29, 0.717) is 16.8 Å². The Labute approximate surface area is 114 Å². The third kappa shape index (κ3) is 2.10. The van der Waals surface area contributed by atoms with Gasteiger partial charge in [0.2, 0.25) is 0 Å². The molecule has 0 spiro atoms. The standard InChI is InChI=1S/C15H10N4O/c16-8-11-9-18-14-2-1-12(7-13(11)14)19-15(20)10-3-5-17-6-4-10/h1-7,9,18H,(H,19,20).